The highest BCUT2D eigenvalue weighted by Crippen LogP contribution is 2.30. The molecule has 1 heterocycles. The average molecular weight is 332 g/mol. The van der Waals surface area contributed by atoms with Crippen molar-refractivity contribution in [3.05, 3.63) is 72.3 Å². The highest BCUT2D eigenvalue weighted by molar-refractivity contribution is 7.80. The zero-order chi connectivity index (χ0) is 16.5. The Morgan fingerprint density at radius 3 is 2.46 bits per heavy atom. The van der Waals surface area contributed by atoms with Crippen molar-refractivity contribution in [3.8, 4) is 0 Å². The maximum atomic E-state index is 5.85. The van der Waals surface area contributed by atoms with Crippen molar-refractivity contribution < 1.29 is 4.42 Å². The summed E-state index contributed by atoms with van der Waals surface area (Å²) in [5.74, 6) is 0. The van der Waals surface area contributed by atoms with Gasteiger partial charge in [0.2, 0.25) is 0 Å². The number of nitrogens with one attached hydrogen (secondary N) is 2. The molecule has 4 heteroatoms. The molecule has 0 saturated heterocycles. The molecule has 1 aromatic heterocycles. The van der Waals surface area contributed by atoms with Gasteiger partial charge in [0.1, 0.15) is 11.2 Å². The summed E-state index contributed by atoms with van der Waals surface area (Å²) in [4.78, 5) is 0. The van der Waals surface area contributed by atoms with Gasteiger partial charge in [0, 0.05) is 22.1 Å². The van der Waals surface area contributed by atoms with Gasteiger partial charge in [-0.2, -0.15) is 0 Å². The van der Waals surface area contributed by atoms with E-state index in [1.54, 1.807) is 0 Å². The molecule has 3 nitrogen and oxygen atoms in total. The second-order valence-electron chi connectivity index (χ2n) is 5.70. The Balaban J connectivity index is 1.61. The molecule has 0 spiro atoms. The van der Waals surface area contributed by atoms with Crippen LogP contribution in [0.5, 0.6) is 0 Å². The maximum Gasteiger partial charge on any atom is 0.175 e. The first kappa shape index (κ1) is 14.7. The first-order valence-electron chi connectivity index (χ1n) is 7.76. The molecule has 0 atom stereocenters. The van der Waals surface area contributed by atoms with Crippen molar-refractivity contribution >= 4 is 50.6 Å². The Hall–Kier alpha value is -2.85. The van der Waals surface area contributed by atoms with Crippen LogP contribution in [0, 0.1) is 6.92 Å². The normalized spacial score (nSPS) is 10.9. The molecule has 4 aromatic rings. The summed E-state index contributed by atoms with van der Waals surface area (Å²) in [5.41, 5.74) is 4.85. The van der Waals surface area contributed by atoms with Gasteiger partial charge in [-0.05, 0) is 55.0 Å². The summed E-state index contributed by atoms with van der Waals surface area (Å²) >= 11 is 5.43. The fourth-order valence-electron chi connectivity index (χ4n) is 2.80. The molecule has 2 N–H and O–H groups in total. The number of thiocarbonyl (C=S) groups is 1. The first-order chi connectivity index (χ1) is 11.7. The molecule has 0 unspecified atom stereocenters. The van der Waals surface area contributed by atoms with E-state index in [1.807, 2.05) is 48.5 Å². The van der Waals surface area contributed by atoms with Gasteiger partial charge < -0.3 is 15.1 Å². The third-order valence-corrected chi connectivity index (χ3v) is 4.23. The smallest absolute Gasteiger partial charge is 0.175 e. The van der Waals surface area contributed by atoms with Crippen LogP contribution < -0.4 is 10.6 Å². The highest BCUT2D eigenvalue weighted by Gasteiger charge is 2.08. The molecule has 0 aliphatic carbocycles. The number of furan rings is 1. The van der Waals surface area contributed by atoms with Crippen LogP contribution in [0.3, 0.4) is 0 Å². The van der Waals surface area contributed by atoms with Crippen LogP contribution in [-0.2, 0) is 0 Å². The van der Waals surface area contributed by atoms with E-state index in [-0.39, 0.29) is 0 Å². The predicted octanol–water partition coefficient (Wildman–Crippen LogP) is 5.70. The second kappa shape index (κ2) is 5.98. The van der Waals surface area contributed by atoms with E-state index < -0.39 is 0 Å². The SMILES string of the molecule is Cc1ccccc1NC(=S)Nc1ccc2oc3ccccc3c2c1. The maximum absolute atomic E-state index is 5.85. The van der Waals surface area contributed by atoms with Crippen molar-refractivity contribution in [1.29, 1.82) is 0 Å². The lowest BCUT2D eigenvalue weighted by atomic mass is 10.1. The molecule has 0 aliphatic rings. The number of para-hydroxylation sites is 2. The summed E-state index contributed by atoms with van der Waals surface area (Å²) in [6.45, 7) is 2.05. The van der Waals surface area contributed by atoms with Crippen LogP contribution in [0.1, 0.15) is 5.56 Å². The zero-order valence-electron chi connectivity index (χ0n) is 13.2. The third kappa shape index (κ3) is 2.72. The van der Waals surface area contributed by atoms with Crippen molar-refractivity contribution in [2.45, 2.75) is 6.92 Å². The number of aryl methyl sites for hydroxylation is 1. The van der Waals surface area contributed by atoms with Crippen molar-refractivity contribution in [3.63, 3.8) is 0 Å². The Morgan fingerprint density at radius 1 is 0.833 bits per heavy atom. The Kier molecular flexibility index (Phi) is 3.67. The lowest BCUT2D eigenvalue weighted by molar-refractivity contribution is 0.669. The van der Waals surface area contributed by atoms with Crippen LogP contribution in [0.2, 0.25) is 0 Å². The Morgan fingerprint density at radius 2 is 1.58 bits per heavy atom. The summed E-state index contributed by atoms with van der Waals surface area (Å²) in [5, 5.41) is 9.23. The lowest BCUT2D eigenvalue weighted by Crippen LogP contribution is -2.19. The molecule has 4 rings (SSSR count). The summed E-state index contributed by atoms with van der Waals surface area (Å²) < 4.78 is 5.85. The Bertz CT molecular complexity index is 1050. The topological polar surface area (TPSA) is 37.2 Å². The van der Waals surface area contributed by atoms with Crippen LogP contribution in [0.4, 0.5) is 11.4 Å². The van der Waals surface area contributed by atoms with Crippen molar-refractivity contribution in [1.82, 2.24) is 0 Å². The molecule has 0 amide bonds. The molecule has 0 fully saturated rings. The average Bonchev–Trinajstić information content (AvgIpc) is 2.95. The zero-order valence-corrected chi connectivity index (χ0v) is 14.0. The molecular formula is C20H16N2OS. The predicted molar refractivity (Wildman–Crippen MR) is 105 cm³/mol. The second-order valence-corrected chi connectivity index (χ2v) is 6.11. The number of rotatable bonds is 2. The minimum absolute atomic E-state index is 0.566. The third-order valence-electron chi connectivity index (χ3n) is 4.03. The highest BCUT2D eigenvalue weighted by atomic mass is 32.1. The monoisotopic (exact) mass is 332 g/mol. The number of fused-ring (bicyclic) bond motifs is 3. The van der Waals surface area contributed by atoms with E-state index in [9.17, 15) is 0 Å². The van der Waals surface area contributed by atoms with Crippen molar-refractivity contribution in [2.24, 2.45) is 0 Å². The summed E-state index contributed by atoms with van der Waals surface area (Å²) in [6, 6.07) is 22.1. The van der Waals surface area contributed by atoms with E-state index in [0.29, 0.717) is 5.11 Å². The van der Waals surface area contributed by atoms with Crippen LogP contribution in [-0.4, -0.2) is 5.11 Å². The van der Waals surface area contributed by atoms with Gasteiger partial charge in [0.15, 0.2) is 5.11 Å². The van der Waals surface area contributed by atoms with E-state index in [1.165, 1.54) is 0 Å². The number of benzene rings is 3. The molecular weight excluding hydrogens is 316 g/mol. The van der Waals surface area contributed by atoms with E-state index >= 15 is 0 Å². The quantitative estimate of drug-likeness (QED) is 0.461. The van der Waals surface area contributed by atoms with E-state index in [0.717, 1.165) is 38.9 Å². The van der Waals surface area contributed by atoms with Gasteiger partial charge in [-0.3, -0.25) is 0 Å². The molecule has 0 bridgehead atoms. The van der Waals surface area contributed by atoms with Gasteiger partial charge in [-0.25, -0.2) is 0 Å². The standard InChI is InChI=1S/C20H16N2OS/c1-13-6-2-4-8-17(13)22-20(24)21-14-10-11-19-16(12-14)15-7-3-5-9-18(15)23-19/h2-12H,1H3,(H2,21,22,24). The van der Waals surface area contributed by atoms with Gasteiger partial charge in [0.05, 0.1) is 0 Å². The van der Waals surface area contributed by atoms with E-state index in [4.69, 9.17) is 16.6 Å². The van der Waals surface area contributed by atoms with Gasteiger partial charge in [-0.1, -0.05) is 36.4 Å². The van der Waals surface area contributed by atoms with Gasteiger partial charge >= 0.3 is 0 Å². The molecule has 0 aliphatic heterocycles. The number of hydrogen-bond donors (Lipinski definition) is 2. The van der Waals surface area contributed by atoms with Crippen molar-refractivity contribution in [2.75, 3.05) is 10.6 Å². The molecule has 0 radical (unpaired) electrons. The fraction of sp³-hybridized carbons (Fsp3) is 0.0500. The van der Waals surface area contributed by atoms with Gasteiger partial charge in [-0.15, -0.1) is 0 Å². The minimum Gasteiger partial charge on any atom is -0.456 e. The van der Waals surface area contributed by atoms with Crippen LogP contribution in [0.25, 0.3) is 21.9 Å². The lowest BCUT2D eigenvalue weighted by Gasteiger charge is -2.12. The van der Waals surface area contributed by atoms with Crippen LogP contribution >= 0.6 is 12.2 Å². The van der Waals surface area contributed by atoms with Gasteiger partial charge in [0.25, 0.3) is 0 Å². The van der Waals surface area contributed by atoms with Crippen LogP contribution in [0.15, 0.2) is 71.1 Å². The Labute approximate surface area is 145 Å². The first-order valence-corrected chi connectivity index (χ1v) is 8.16. The largest absolute Gasteiger partial charge is 0.456 e. The summed E-state index contributed by atoms with van der Waals surface area (Å²) in [7, 11) is 0. The number of hydrogen-bond acceptors (Lipinski definition) is 2. The number of anilines is 2. The molecule has 0 saturated carbocycles. The molecule has 24 heavy (non-hydrogen) atoms. The molecule has 118 valence electrons. The fourth-order valence-corrected chi connectivity index (χ4v) is 3.03. The van der Waals surface area contributed by atoms with E-state index in [2.05, 4.69) is 35.8 Å². The minimum atomic E-state index is 0.566. The molecule has 3 aromatic carbocycles. The summed E-state index contributed by atoms with van der Waals surface area (Å²) in [6.07, 6.45) is 0.